The zero-order valence-electron chi connectivity index (χ0n) is 10.2. The van der Waals surface area contributed by atoms with Crippen LogP contribution in [0.25, 0.3) is 0 Å². The summed E-state index contributed by atoms with van der Waals surface area (Å²) < 4.78 is 0. The summed E-state index contributed by atoms with van der Waals surface area (Å²) in [5.41, 5.74) is 1.40. The van der Waals surface area contributed by atoms with E-state index in [2.05, 4.69) is 9.97 Å². The molecule has 0 radical (unpaired) electrons. The highest BCUT2D eigenvalue weighted by atomic mass is 35.5. The lowest BCUT2D eigenvalue weighted by Crippen LogP contribution is -2.15. The number of benzene rings is 1. The van der Waals surface area contributed by atoms with E-state index in [0.717, 1.165) is 15.6 Å². The first-order valence-electron chi connectivity index (χ1n) is 5.51. The lowest BCUT2D eigenvalue weighted by Gasteiger charge is -2.04. The Hall–Kier alpha value is -1.26. The van der Waals surface area contributed by atoms with Crippen LogP contribution in [0.1, 0.15) is 17.1 Å². The number of rotatable bonds is 3. The molecule has 94 valence electrons. The quantitative estimate of drug-likeness (QED) is 0.877. The topological polar surface area (TPSA) is 45.8 Å². The SMILES string of the molecule is Cc1nc(CSc2ccc(Cl)cc2)[nH]c(=O)c1C. The molecule has 5 heteroatoms. The van der Waals surface area contributed by atoms with E-state index in [0.29, 0.717) is 17.1 Å². The molecule has 1 aromatic heterocycles. The summed E-state index contributed by atoms with van der Waals surface area (Å²) in [6.07, 6.45) is 0. The van der Waals surface area contributed by atoms with Gasteiger partial charge in [-0.2, -0.15) is 0 Å². The molecule has 0 unspecified atom stereocenters. The average molecular weight is 281 g/mol. The smallest absolute Gasteiger partial charge is 0.254 e. The van der Waals surface area contributed by atoms with Crippen LogP contribution in [0, 0.1) is 13.8 Å². The van der Waals surface area contributed by atoms with Crippen LogP contribution in [0.5, 0.6) is 0 Å². The summed E-state index contributed by atoms with van der Waals surface area (Å²) in [6.45, 7) is 3.62. The molecule has 2 rings (SSSR count). The predicted octanol–water partition coefficient (Wildman–Crippen LogP) is 3.33. The number of hydrogen-bond donors (Lipinski definition) is 1. The third kappa shape index (κ3) is 3.15. The van der Waals surface area contributed by atoms with Crippen molar-refractivity contribution in [1.29, 1.82) is 0 Å². The fourth-order valence-corrected chi connectivity index (χ4v) is 2.35. The van der Waals surface area contributed by atoms with Gasteiger partial charge in [-0.3, -0.25) is 4.79 Å². The first-order chi connectivity index (χ1) is 8.56. The summed E-state index contributed by atoms with van der Waals surface area (Å²) in [6, 6.07) is 7.60. The lowest BCUT2D eigenvalue weighted by molar-refractivity contribution is 0.942. The van der Waals surface area contributed by atoms with E-state index in [1.807, 2.05) is 31.2 Å². The molecule has 0 saturated carbocycles. The van der Waals surface area contributed by atoms with Crippen LogP contribution >= 0.6 is 23.4 Å². The number of aryl methyl sites for hydroxylation is 1. The number of hydrogen-bond acceptors (Lipinski definition) is 3. The molecule has 0 aliphatic rings. The molecule has 0 saturated heterocycles. The van der Waals surface area contributed by atoms with Crippen LogP contribution in [-0.4, -0.2) is 9.97 Å². The van der Waals surface area contributed by atoms with Crippen LogP contribution in [-0.2, 0) is 5.75 Å². The molecule has 0 aliphatic carbocycles. The van der Waals surface area contributed by atoms with E-state index < -0.39 is 0 Å². The van der Waals surface area contributed by atoms with Gasteiger partial charge in [0.2, 0.25) is 0 Å². The number of aromatic amines is 1. The summed E-state index contributed by atoms with van der Waals surface area (Å²) in [5, 5.41) is 0.720. The third-order valence-corrected chi connectivity index (χ3v) is 3.91. The van der Waals surface area contributed by atoms with Gasteiger partial charge < -0.3 is 4.98 Å². The van der Waals surface area contributed by atoms with Gasteiger partial charge in [0.1, 0.15) is 5.82 Å². The average Bonchev–Trinajstić information content (AvgIpc) is 2.35. The number of nitrogens with one attached hydrogen (secondary N) is 1. The van der Waals surface area contributed by atoms with Crippen LogP contribution in [0.2, 0.25) is 5.02 Å². The van der Waals surface area contributed by atoms with E-state index in [1.54, 1.807) is 18.7 Å². The van der Waals surface area contributed by atoms with Crippen molar-refractivity contribution in [2.24, 2.45) is 0 Å². The van der Waals surface area contributed by atoms with Crippen molar-refractivity contribution in [1.82, 2.24) is 9.97 Å². The molecule has 1 aromatic carbocycles. The van der Waals surface area contributed by atoms with Crippen molar-refractivity contribution in [3.8, 4) is 0 Å². The molecule has 3 nitrogen and oxygen atoms in total. The molecule has 2 aromatic rings. The van der Waals surface area contributed by atoms with E-state index in [-0.39, 0.29) is 5.56 Å². The second-order valence-electron chi connectivity index (χ2n) is 3.97. The number of nitrogens with zero attached hydrogens (tertiary/aromatic N) is 1. The zero-order chi connectivity index (χ0) is 13.1. The van der Waals surface area contributed by atoms with Crippen LogP contribution in [0.15, 0.2) is 34.0 Å². The molecule has 0 aliphatic heterocycles. The minimum atomic E-state index is -0.0609. The highest BCUT2D eigenvalue weighted by Gasteiger charge is 2.04. The van der Waals surface area contributed by atoms with Gasteiger partial charge in [0, 0.05) is 21.2 Å². The Balaban J connectivity index is 2.11. The first-order valence-corrected chi connectivity index (χ1v) is 6.87. The van der Waals surface area contributed by atoms with E-state index in [4.69, 9.17) is 11.6 Å². The Morgan fingerprint density at radius 3 is 2.56 bits per heavy atom. The fraction of sp³-hybridized carbons (Fsp3) is 0.231. The normalized spacial score (nSPS) is 10.6. The van der Waals surface area contributed by atoms with Gasteiger partial charge in [-0.05, 0) is 38.1 Å². The maximum Gasteiger partial charge on any atom is 0.254 e. The maximum atomic E-state index is 11.6. The molecule has 0 fully saturated rings. The minimum absolute atomic E-state index is 0.0609. The summed E-state index contributed by atoms with van der Waals surface area (Å²) in [7, 11) is 0. The van der Waals surface area contributed by atoms with Gasteiger partial charge in [0.05, 0.1) is 5.75 Å². The summed E-state index contributed by atoms with van der Waals surface area (Å²) in [5.74, 6) is 1.33. The predicted molar refractivity (Wildman–Crippen MR) is 75.3 cm³/mol. The van der Waals surface area contributed by atoms with Gasteiger partial charge in [0.25, 0.3) is 5.56 Å². The molecule has 0 amide bonds. The van der Waals surface area contributed by atoms with Crippen molar-refractivity contribution < 1.29 is 0 Å². The Kier molecular flexibility index (Phi) is 4.09. The van der Waals surface area contributed by atoms with Crippen LogP contribution in [0.4, 0.5) is 0 Å². The van der Waals surface area contributed by atoms with Gasteiger partial charge in [-0.1, -0.05) is 11.6 Å². The fourth-order valence-electron chi connectivity index (χ4n) is 1.45. The van der Waals surface area contributed by atoms with Crippen molar-refractivity contribution in [3.05, 3.63) is 56.7 Å². The molecule has 1 N–H and O–H groups in total. The molecule has 0 bridgehead atoms. The molecule has 0 atom stereocenters. The summed E-state index contributed by atoms with van der Waals surface area (Å²) >= 11 is 7.43. The van der Waals surface area contributed by atoms with E-state index in [1.165, 1.54) is 0 Å². The van der Waals surface area contributed by atoms with E-state index >= 15 is 0 Å². The molecule has 1 heterocycles. The van der Waals surface area contributed by atoms with Crippen LogP contribution in [0.3, 0.4) is 0 Å². The van der Waals surface area contributed by atoms with E-state index in [9.17, 15) is 4.79 Å². The highest BCUT2D eigenvalue weighted by Crippen LogP contribution is 2.22. The highest BCUT2D eigenvalue weighted by molar-refractivity contribution is 7.98. The maximum absolute atomic E-state index is 11.6. The monoisotopic (exact) mass is 280 g/mol. The second-order valence-corrected chi connectivity index (χ2v) is 5.45. The Labute approximate surface area is 115 Å². The number of aromatic nitrogens is 2. The van der Waals surface area contributed by atoms with Gasteiger partial charge in [0.15, 0.2) is 0 Å². The van der Waals surface area contributed by atoms with Crippen molar-refractivity contribution in [2.45, 2.75) is 24.5 Å². The standard InChI is InChI=1S/C13H13ClN2OS/c1-8-9(2)15-12(16-13(8)17)7-18-11-5-3-10(14)4-6-11/h3-6H,7H2,1-2H3,(H,15,16,17). The zero-order valence-corrected chi connectivity index (χ0v) is 11.7. The van der Waals surface area contributed by atoms with Gasteiger partial charge in [-0.15, -0.1) is 11.8 Å². The first kappa shape index (κ1) is 13.2. The Bertz CT molecular complexity index is 607. The van der Waals surface area contributed by atoms with Gasteiger partial charge >= 0.3 is 0 Å². The Morgan fingerprint density at radius 1 is 1.28 bits per heavy atom. The van der Waals surface area contributed by atoms with Crippen molar-refractivity contribution >= 4 is 23.4 Å². The molecular weight excluding hydrogens is 268 g/mol. The number of halogens is 1. The van der Waals surface area contributed by atoms with Crippen LogP contribution < -0.4 is 5.56 Å². The van der Waals surface area contributed by atoms with Crippen molar-refractivity contribution in [2.75, 3.05) is 0 Å². The van der Waals surface area contributed by atoms with Gasteiger partial charge in [-0.25, -0.2) is 4.98 Å². The third-order valence-electron chi connectivity index (χ3n) is 2.63. The lowest BCUT2D eigenvalue weighted by atomic mass is 10.3. The second kappa shape index (κ2) is 5.59. The number of H-pyrrole nitrogens is 1. The van der Waals surface area contributed by atoms with Crippen molar-refractivity contribution in [3.63, 3.8) is 0 Å². The number of thioether (sulfide) groups is 1. The Morgan fingerprint density at radius 2 is 1.94 bits per heavy atom. The largest absolute Gasteiger partial charge is 0.310 e. The molecule has 18 heavy (non-hydrogen) atoms. The minimum Gasteiger partial charge on any atom is -0.310 e. The molecular formula is C13H13ClN2OS. The molecule has 0 spiro atoms. The summed E-state index contributed by atoms with van der Waals surface area (Å²) in [4.78, 5) is 19.8.